The van der Waals surface area contributed by atoms with Crippen LogP contribution in [0, 0.1) is 0 Å². The van der Waals surface area contributed by atoms with Crippen molar-refractivity contribution >= 4 is 11.9 Å². The zero-order valence-corrected chi connectivity index (χ0v) is 8.02. The Balaban J connectivity index is 3.67. The van der Waals surface area contributed by atoms with Gasteiger partial charge in [0.1, 0.15) is 6.04 Å². The van der Waals surface area contributed by atoms with Gasteiger partial charge in [-0.25, -0.2) is 9.59 Å². The summed E-state index contributed by atoms with van der Waals surface area (Å²) in [5.74, 6) is -1.34. The average Bonchev–Trinajstić information content (AvgIpc) is 2.15. The number of carbonyl (C=O) groups excluding carboxylic acids is 2. The van der Waals surface area contributed by atoms with Crippen molar-refractivity contribution < 1.29 is 29.1 Å². The molecule has 2 N–H and O–H groups in total. The molecule has 0 aliphatic carbocycles. The zero-order chi connectivity index (χ0) is 11.0. The minimum Gasteiger partial charge on any atom is -0.318 e. The summed E-state index contributed by atoms with van der Waals surface area (Å²) in [7, 11) is 2.39. The first-order chi connectivity index (χ1) is 6.61. The van der Waals surface area contributed by atoms with Gasteiger partial charge in [0.25, 0.3) is 0 Å². The Morgan fingerprint density at radius 2 is 1.79 bits per heavy atom. The molecule has 1 unspecified atom stereocenters. The van der Waals surface area contributed by atoms with E-state index in [0.29, 0.717) is 0 Å². The fourth-order valence-electron chi connectivity index (χ4n) is 0.670. The Labute approximate surface area is 80.9 Å². The number of carbonyl (C=O) groups is 2. The quantitative estimate of drug-likeness (QED) is 0.454. The minimum atomic E-state index is -0.917. The molecule has 0 heterocycles. The van der Waals surface area contributed by atoms with Gasteiger partial charge in [-0.1, -0.05) is 0 Å². The lowest BCUT2D eigenvalue weighted by atomic mass is 10.2. The van der Waals surface area contributed by atoms with Gasteiger partial charge in [0.15, 0.2) is 0 Å². The Morgan fingerprint density at radius 1 is 1.21 bits per heavy atom. The van der Waals surface area contributed by atoms with Gasteiger partial charge in [-0.15, -0.1) is 0 Å². The SMILES string of the molecule is COOC(=O)CCC(N)C(=O)OOC. The molecular weight excluding hydrogens is 194 g/mol. The first kappa shape index (κ1) is 12.8. The van der Waals surface area contributed by atoms with Gasteiger partial charge in [-0.3, -0.25) is 9.78 Å². The van der Waals surface area contributed by atoms with E-state index < -0.39 is 18.0 Å². The van der Waals surface area contributed by atoms with E-state index in [9.17, 15) is 9.59 Å². The normalized spacial score (nSPS) is 11.9. The van der Waals surface area contributed by atoms with Crippen LogP contribution >= 0.6 is 0 Å². The van der Waals surface area contributed by atoms with Crippen LogP contribution in [0.2, 0.25) is 0 Å². The first-order valence-electron chi connectivity index (χ1n) is 3.85. The average molecular weight is 207 g/mol. The van der Waals surface area contributed by atoms with E-state index in [1.54, 1.807) is 0 Å². The Morgan fingerprint density at radius 3 is 2.29 bits per heavy atom. The van der Waals surface area contributed by atoms with E-state index in [2.05, 4.69) is 19.6 Å². The van der Waals surface area contributed by atoms with Crippen molar-refractivity contribution in [3.05, 3.63) is 0 Å². The van der Waals surface area contributed by atoms with E-state index in [-0.39, 0.29) is 12.8 Å². The maximum Gasteiger partial charge on any atom is 0.358 e. The van der Waals surface area contributed by atoms with E-state index in [4.69, 9.17) is 5.73 Å². The van der Waals surface area contributed by atoms with E-state index in [1.807, 2.05) is 0 Å². The van der Waals surface area contributed by atoms with Crippen LogP contribution in [0.4, 0.5) is 0 Å². The predicted molar refractivity (Wildman–Crippen MR) is 43.4 cm³/mol. The highest BCUT2D eigenvalue weighted by atomic mass is 17.2. The lowest BCUT2D eigenvalue weighted by Crippen LogP contribution is -2.32. The van der Waals surface area contributed by atoms with E-state index in [1.165, 1.54) is 14.2 Å². The van der Waals surface area contributed by atoms with Gasteiger partial charge in [0.05, 0.1) is 20.6 Å². The highest BCUT2D eigenvalue weighted by Gasteiger charge is 2.17. The van der Waals surface area contributed by atoms with Crippen LogP contribution < -0.4 is 5.73 Å². The van der Waals surface area contributed by atoms with Crippen molar-refractivity contribution in [3.8, 4) is 0 Å². The van der Waals surface area contributed by atoms with Crippen LogP contribution in [-0.2, 0) is 29.1 Å². The third-order valence-electron chi connectivity index (χ3n) is 1.30. The topological polar surface area (TPSA) is 97.1 Å². The first-order valence-corrected chi connectivity index (χ1v) is 3.85. The van der Waals surface area contributed by atoms with Crippen molar-refractivity contribution in [1.29, 1.82) is 0 Å². The summed E-state index contributed by atoms with van der Waals surface area (Å²) in [6.45, 7) is 0. The Bertz CT molecular complexity index is 195. The smallest absolute Gasteiger partial charge is 0.318 e. The second-order valence-electron chi connectivity index (χ2n) is 2.34. The third-order valence-corrected chi connectivity index (χ3v) is 1.30. The molecule has 0 saturated carbocycles. The highest BCUT2D eigenvalue weighted by Crippen LogP contribution is 1.99. The van der Waals surface area contributed by atoms with Gasteiger partial charge in [0, 0.05) is 0 Å². The summed E-state index contributed by atoms with van der Waals surface area (Å²) in [6, 6.07) is -0.917. The van der Waals surface area contributed by atoms with Gasteiger partial charge >= 0.3 is 11.9 Å². The summed E-state index contributed by atoms with van der Waals surface area (Å²) < 4.78 is 0. The molecule has 0 radical (unpaired) electrons. The molecule has 7 heteroatoms. The highest BCUT2D eigenvalue weighted by molar-refractivity contribution is 5.76. The lowest BCUT2D eigenvalue weighted by molar-refractivity contribution is -0.258. The molecule has 0 rings (SSSR count). The van der Waals surface area contributed by atoms with Gasteiger partial charge in [0.2, 0.25) is 0 Å². The van der Waals surface area contributed by atoms with Crippen molar-refractivity contribution in [3.63, 3.8) is 0 Å². The third kappa shape index (κ3) is 5.46. The largest absolute Gasteiger partial charge is 0.358 e. The summed E-state index contributed by atoms with van der Waals surface area (Å²) in [5.41, 5.74) is 5.34. The minimum absolute atomic E-state index is 0.0339. The lowest BCUT2D eigenvalue weighted by Gasteiger charge is -2.07. The molecule has 1 atom stereocenters. The molecule has 82 valence electrons. The second-order valence-corrected chi connectivity index (χ2v) is 2.34. The standard InChI is InChI=1S/C7H13NO6/c1-11-13-6(9)4-3-5(8)7(10)14-12-2/h5H,3-4,8H2,1-2H3. The van der Waals surface area contributed by atoms with Crippen molar-refractivity contribution in [1.82, 2.24) is 0 Å². The number of nitrogens with two attached hydrogens (primary N) is 1. The van der Waals surface area contributed by atoms with Crippen molar-refractivity contribution in [2.45, 2.75) is 18.9 Å². The molecule has 0 aromatic carbocycles. The maximum atomic E-state index is 10.9. The van der Waals surface area contributed by atoms with E-state index >= 15 is 0 Å². The fraction of sp³-hybridized carbons (Fsp3) is 0.714. The van der Waals surface area contributed by atoms with Crippen LogP contribution in [0.15, 0.2) is 0 Å². The molecule has 0 aromatic rings. The number of hydrogen-bond donors (Lipinski definition) is 1. The molecule has 0 saturated heterocycles. The van der Waals surface area contributed by atoms with Crippen molar-refractivity contribution in [2.24, 2.45) is 5.73 Å². The Hall–Kier alpha value is -1.18. The van der Waals surface area contributed by atoms with Crippen molar-refractivity contribution in [2.75, 3.05) is 14.2 Å². The summed E-state index contributed by atoms with van der Waals surface area (Å²) in [4.78, 5) is 38.1. The van der Waals surface area contributed by atoms with E-state index in [0.717, 1.165) is 0 Å². The number of hydrogen-bond acceptors (Lipinski definition) is 7. The van der Waals surface area contributed by atoms with Crippen LogP contribution in [0.3, 0.4) is 0 Å². The predicted octanol–water partition coefficient (Wildman–Crippen LogP) is -0.697. The molecule has 14 heavy (non-hydrogen) atoms. The summed E-state index contributed by atoms with van der Waals surface area (Å²) in [5, 5.41) is 0. The van der Waals surface area contributed by atoms with Gasteiger partial charge in [-0.05, 0) is 6.42 Å². The zero-order valence-electron chi connectivity index (χ0n) is 8.02. The van der Waals surface area contributed by atoms with Gasteiger partial charge < -0.3 is 5.73 Å². The molecule has 0 aromatic heterocycles. The maximum absolute atomic E-state index is 10.9. The summed E-state index contributed by atoms with van der Waals surface area (Å²) >= 11 is 0. The molecule has 0 bridgehead atoms. The Kier molecular flexibility index (Phi) is 6.63. The monoisotopic (exact) mass is 207 g/mol. The van der Waals surface area contributed by atoms with Crippen LogP contribution in [0.1, 0.15) is 12.8 Å². The van der Waals surface area contributed by atoms with Gasteiger partial charge in [-0.2, -0.15) is 9.78 Å². The number of rotatable bonds is 6. The molecule has 0 aliphatic heterocycles. The molecule has 0 fully saturated rings. The second kappa shape index (κ2) is 7.25. The molecule has 0 spiro atoms. The molecule has 0 amide bonds. The molecule has 0 aliphatic rings. The molecule has 7 nitrogen and oxygen atoms in total. The van der Waals surface area contributed by atoms with Crippen LogP contribution in [-0.4, -0.2) is 32.2 Å². The summed E-state index contributed by atoms with van der Waals surface area (Å²) in [6.07, 6.45) is 0.0677. The molecular formula is C7H13NO6. The van der Waals surface area contributed by atoms with Crippen LogP contribution in [0.5, 0.6) is 0 Å². The fourth-order valence-corrected chi connectivity index (χ4v) is 0.670. The van der Waals surface area contributed by atoms with Crippen LogP contribution in [0.25, 0.3) is 0 Å².